The summed E-state index contributed by atoms with van der Waals surface area (Å²) in [5, 5.41) is 12.6. The van der Waals surface area contributed by atoms with Gasteiger partial charge in [-0.15, -0.1) is 0 Å². The molecule has 3 aromatic rings. The van der Waals surface area contributed by atoms with Crippen molar-refractivity contribution in [1.29, 1.82) is 0 Å². The van der Waals surface area contributed by atoms with Gasteiger partial charge in [0.1, 0.15) is 5.75 Å². The minimum absolute atomic E-state index is 0.0133. The highest BCUT2D eigenvalue weighted by molar-refractivity contribution is 6.34. The average molecular weight is 414 g/mol. The van der Waals surface area contributed by atoms with Gasteiger partial charge in [0.15, 0.2) is 6.10 Å². The molecule has 2 N–H and O–H groups in total. The molecule has 9 heteroatoms. The topological polar surface area (TPSA) is 111 Å². The molecule has 0 fully saturated rings. The summed E-state index contributed by atoms with van der Waals surface area (Å²) in [4.78, 5) is 34.5. The van der Waals surface area contributed by atoms with Crippen LogP contribution in [-0.2, 0) is 4.79 Å². The van der Waals surface area contributed by atoms with Crippen molar-refractivity contribution in [3.63, 3.8) is 0 Å². The zero-order valence-electron chi connectivity index (χ0n) is 15.2. The fraction of sp³-hybridized carbons (Fsp3) is 0.100. The van der Waals surface area contributed by atoms with E-state index in [1.165, 1.54) is 13.0 Å². The first-order valence-electron chi connectivity index (χ1n) is 8.55. The average Bonchev–Trinajstić information content (AvgIpc) is 2.71. The summed E-state index contributed by atoms with van der Waals surface area (Å²) >= 11 is 5.90. The highest BCUT2D eigenvalue weighted by Gasteiger charge is 2.18. The summed E-state index contributed by atoms with van der Waals surface area (Å²) in [5.41, 5.74) is 4.20. The highest BCUT2D eigenvalue weighted by atomic mass is 35.5. The maximum atomic E-state index is 12.2. The number of carbonyl (C=O) groups is 2. The van der Waals surface area contributed by atoms with Crippen molar-refractivity contribution in [2.75, 3.05) is 0 Å². The van der Waals surface area contributed by atoms with Gasteiger partial charge in [0.25, 0.3) is 17.5 Å². The summed E-state index contributed by atoms with van der Waals surface area (Å²) in [6, 6.07) is 16.6. The molecule has 29 heavy (non-hydrogen) atoms. The van der Waals surface area contributed by atoms with Crippen LogP contribution in [0.2, 0.25) is 5.02 Å². The van der Waals surface area contributed by atoms with Crippen LogP contribution in [0.15, 0.2) is 60.7 Å². The number of ether oxygens (including phenoxy) is 1. The molecule has 1 unspecified atom stereocenters. The normalized spacial score (nSPS) is 11.5. The van der Waals surface area contributed by atoms with E-state index in [2.05, 4.69) is 10.9 Å². The largest absolute Gasteiger partial charge is 0.481 e. The molecule has 0 aliphatic rings. The number of hydrazine groups is 1. The molecule has 8 nitrogen and oxygen atoms in total. The number of nitrogens with zero attached hydrogens (tertiary/aromatic N) is 1. The Kier molecular flexibility index (Phi) is 5.94. The molecule has 148 valence electrons. The van der Waals surface area contributed by atoms with Gasteiger partial charge >= 0.3 is 0 Å². The van der Waals surface area contributed by atoms with Crippen LogP contribution in [0, 0.1) is 10.1 Å². The minimum Gasteiger partial charge on any atom is -0.481 e. The van der Waals surface area contributed by atoms with Crippen LogP contribution < -0.4 is 15.6 Å². The molecule has 3 aromatic carbocycles. The third-order valence-electron chi connectivity index (χ3n) is 4.11. The van der Waals surface area contributed by atoms with E-state index >= 15 is 0 Å². The van der Waals surface area contributed by atoms with Crippen molar-refractivity contribution in [3.8, 4) is 5.75 Å². The summed E-state index contributed by atoms with van der Waals surface area (Å²) in [6.45, 7) is 1.54. The first kappa shape index (κ1) is 20.1. The molecule has 0 heterocycles. The second-order valence-electron chi connectivity index (χ2n) is 6.13. The van der Waals surface area contributed by atoms with E-state index < -0.39 is 22.8 Å². The second-order valence-corrected chi connectivity index (χ2v) is 6.54. The van der Waals surface area contributed by atoms with Gasteiger partial charge in [-0.1, -0.05) is 41.9 Å². The molecule has 1 atom stereocenters. The summed E-state index contributed by atoms with van der Waals surface area (Å²) in [6.07, 6.45) is -0.885. The Morgan fingerprint density at radius 1 is 1.03 bits per heavy atom. The third kappa shape index (κ3) is 4.80. The Bertz CT molecular complexity index is 1100. The maximum Gasteiger partial charge on any atom is 0.279 e. The molecule has 0 bridgehead atoms. The number of nitro benzene ring substituents is 1. The molecule has 0 aliphatic carbocycles. The van der Waals surface area contributed by atoms with Crippen molar-refractivity contribution in [1.82, 2.24) is 10.9 Å². The molecule has 2 amide bonds. The minimum atomic E-state index is -0.885. The van der Waals surface area contributed by atoms with Crippen LogP contribution in [0.1, 0.15) is 17.3 Å². The summed E-state index contributed by atoms with van der Waals surface area (Å²) < 4.78 is 5.62. The third-order valence-corrected chi connectivity index (χ3v) is 4.42. The van der Waals surface area contributed by atoms with Gasteiger partial charge in [0.2, 0.25) is 0 Å². The molecule has 0 spiro atoms. The smallest absolute Gasteiger partial charge is 0.279 e. The fourth-order valence-corrected chi connectivity index (χ4v) is 2.85. The van der Waals surface area contributed by atoms with Crippen molar-refractivity contribution >= 4 is 39.9 Å². The number of hydrogen-bond donors (Lipinski definition) is 2. The summed E-state index contributed by atoms with van der Waals surface area (Å²) in [7, 11) is 0. The zero-order chi connectivity index (χ0) is 21.0. The monoisotopic (exact) mass is 413 g/mol. The Labute approximate surface area is 170 Å². The standard InChI is InChI=1S/C20H16ClN3O5/c1-12(29-16-8-6-13-4-2-3-5-14(13)10-16)19(25)22-23-20(26)17-9-7-15(24(27)28)11-18(17)21/h2-12H,1H3,(H,22,25)(H,23,26). The summed E-state index contributed by atoms with van der Waals surface area (Å²) in [5.74, 6) is -0.781. The number of nitrogens with one attached hydrogen (secondary N) is 2. The Balaban J connectivity index is 1.59. The number of rotatable bonds is 5. The van der Waals surface area contributed by atoms with Crippen molar-refractivity contribution in [2.24, 2.45) is 0 Å². The molecule has 0 saturated carbocycles. The van der Waals surface area contributed by atoms with E-state index in [1.807, 2.05) is 36.4 Å². The van der Waals surface area contributed by atoms with Gasteiger partial charge in [-0.2, -0.15) is 0 Å². The highest BCUT2D eigenvalue weighted by Crippen LogP contribution is 2.23. The van der Waals surface area contributed by atoms with E-state index in [1.54, 1.807) is 6.07 Å². The van der Waals surface area contributed by atoms with Crippen LogP contribution in [-0.4, -0.2) is 22.8 Å². The van der Waals surface area contributed by atoms with Crippen molar-refractivity contribution < 1.29 is 19.2 Å². The van der Waals surface area contributed by atoms with E-state index in [0.717, 1.165) is 22.9 Å². The SMILES string of the molecule is CC(Oc1ccc2ccccc2c1)C(=O)NNC(=O)c1ccc([N+](=O)[O-])cc1Cl. The van der Waals surface area contributed by atoms with Gasteiger partial charge in [-0.3, -0.25) is 30.6 Å². The van der Waals surface area contributed by atoms with E-state index in [9.17, 15) is 19.7 Å². The zero-order valence-corrected chi connectivity index (χ0v) is 16.0. The van der Waals surface area contributed by atoms with Crippen LogP contribution in [0.5, 0.6) is 5.75 Å². The van der Waals surface area contributed by atoms with Gasteiger partial charge in [0, 0.05) is 12.1 Å². The van der Waals surface area contributed by atoms with Crippen LogP contribution in [0.3, 0.4) is 0 Å². The number of halogens is 1. The van der Waals surface area contributed by atoms with Gasteiger partial charge in [-0.05, 0) is 35.9 Å². The van der Waals surface area contributed by atoms with E-state index in [0.29, 0.717) is 5.75 Å². The van der Waals surface area contributed by atoms with Crippen molar-refractivity contribution in [3.05, 3.63) is 81.4 Å². The van der Waals surface area contributed by atoms with Gasteiger partial charge in [0.05, 0.1) is 15.5 Å². The van der Waals surface area contributed by atoms with Gasteiger partial charge in [-0.25, -0.2) is 0 Å². The maximum absolute atomic E-state index is 12.2. The Morgan fingerprint density at radius 3 is 2.45 bits per heavy atom. The lowest BCUT2D eigenvalue weighted by molar-refractivity contribution is -0.384. The molecule has 0 radical (unpaired) electrons. The van der Waals surface area contributed by atoms with E-state index in [-0.39, 0.29) is 16.3 Å². The van der Waals surface area contributed by atoms with Crippen molar-refractivity contribution in [2.45, 2.75) is 13.0 Å². The number of nitro groups is 1. The van der Waals surface area contributed by atoms with Crippen LogP contribution in [0.25, 0.3) is 10.8 Å². The predicted molar refractivity (Wildman–Crippen MR) is 108 cm³/mol. The Morgan fingerprint density at radius 2 is 1.76 bits per heavy atom. The number of hydrogen-bond acceptors (Lipinski definition) is 5. The molecule has 3 rings (SSSR count). The second kappa shape index (κ2) is 8.57. The molecule has 0 aromatic heterocycles. The fourth-order valence-electron chi connectivity index (χ4n) is 2.59. The first-order valence-corrected chi connectivity index (χ1v) is 8.92. The van der Waals surface area contributed by atoms with E-state index in [4.69, 9.17) is 16.3 Å². The molecule has 0 saturated heterocycles. The number of carbonyl (C=O) groups excluding carboxylic acids is 2. The molecular formula is C20H16ClN3O5. The first-order chi connectivity index (χ1) is 13.8. The number of benzene rings is 3. The predicted octanol–water partition coefficient (Wildman–Crippen LogP) is 3.63. The lowest BCUT2D eigenvalue weighted by atomic mass is 10.1. The van der Waals surface area contributed by atoms with Crippen LogP contribution >= 0.6 is 11.6 Å². The van der Waals surface area contributed by atoms with Gasteiger partial charge < -0.3 is 4.74 Å². The number of amides is 2. The Hall–Kier alpha value is -3.65. The molecular weight excluding hydrogens is 398 g/mol. The molecule has 0 aliphatic heterocycles. The number of fused-ring (bicyclic) bond motifs is 1. The number of non-ortho nitro benzene ring substituents is 1. The lowest BCUT2D eigenvalue weighted by Gasteiger charge is -2.15. The lowest BCUT2D eigenvalue weighted by Crippen LogP contribution is -2.47. The van der Waals surface area contributed by atoms with Crippen LogP contribution in [0.4, 0.5) is 5.69 Å². The quantitative estimate of drug-likeness (QED) is 0.490.